The van der Waals surface area contributed by atoms with E-state index in [2.05, 4.69) is 5.32 Å². The molecule has 0 saturated heterocycles. The third-order valence-corrected chi connectivity index (χ3v) is 2.78. The Labute approximate surface area is 114 Å². The number of alkyl halides is 3. The van der Waals surface area contributed by atoms with E-state index in [1.165, 1.54) is 13.2 Å². The third kappa shape index (κ3) is 5.07. The molecule has 0 spiro atoms. The van der Waals surface area contributed by atoms with Crippen LogP contribution >= 0.6 is 0 Å². The molecule has 1 rings (SSSR count). The molecule has 0 bridgehead atoms. The minimum absolute atomic E-state index is 0.0573. The summed E-state index contributed by atoms with van der Waals surface area (Å²) in [4.78, 5) is 0. The Morgan fingerprint density at radius 1 is 1.35 bits per heavy atom. The lowest BCUT2D eigenvalue weighted by molar-refractivity contribution is -0.140. The molecule has 2 N–H and O–H groups in total. The van der Waals surface area contributed by atoms with E-state index in [-0.39, 0.29) is 19.2 Å². The number of halogens is 4. The lowest BCUT2D eigenvalue weighted by Crippen LogP contribution is -2.33. The first-order chi connectivity index (χ1) is 9.38. The smallest absolute Gasteiger partial charge is 0.396 e. The van der Waals surface area contributed by atoms with E-state index < -0.39 is 17.6 Å². The minimum Gasteiger partial charge on any atom is -0.396 e. The second kappa shape index (κ2) is 7.56. The second-order valence-corrected chi connectivity index (χ2v) is 4.36. The van der Waals surface area contributed by atoms with Crippen LogP contribution in [0.5, 0.6) is 0 Å². The molecule has 1 aromatic rings. The zero-order valence-corrected chi connectivity index (χ0v) is 11.0. The van der Waals surface area contributed by atoms with Crippen LogP contribution < -0.4 is 5.32 Å². The van der Waals surface area contributed by atoms with Gasteiger partial charge in [-0.3, -0.25) is 0 Å². The molecular weight excluding hydrogens is 278 g/mol. The number of ether oxygens (including phenoxy) is 1. The van der Waals surface area contributed by atoms with E-state index in [1.54, 1.807) is 0 Å². The molecule has 1 unspecified atom stereocenters. The van der Waals surface area contributed by atoms with Gasteiger partial charge in [0.15, 0.2) is 0 Å². The SMILES string of the molecule is COCC(CCO)NCc1ccc(F)c(C(F)(F)F)c1. The van der Waals surface area contributed by atoms with Gasteiger partial charge >= 0.3 is 6.18 Å². The van der Waals surface area contributed by atoms with E-state index >= 15 is 0 Å². The molecule has 0 aliphatic heterocycles. The van der Waals surface area contributed by atoms with Crippen molar-refractivity contribution < 1.29 is 27.4 Å². The van der Waals surface area contributed by atoms with Crippen molar-refractivity contribution in [3.05, 3.63) is 35.1 Å². The van der Waals surface area contributed by atoms with Crippen LogP contribution in [0.2, 0.25) is 0 Å². The molecule has 1 aromatic carbocycles. The van der Waals surface area contributed by atoms with Gasteiger partial charge in [-0.1, -0.05) is 6.07 Å². The molecule has 0 fully saturated rings. The monoisotopic (exact) mass is 295 g/mol. The number of nitrogens with one attached hydrogen (secondary N) is 1. The van der Waals surface area contributed by atoms with E-state index in [9.17, 15) is 17.6 Å². The quantitative estimate of drug-likeness (QED) is 0.759. The summed E-state index contributed by atoms with van der Waals surface area (Å²) in [6, 6.07) is 2.70. The first kappa shape index (κ1) is 16.9. The van der Waals surface area contributed by atoms with Gasteiger partial charge in [0.05, 0.1) is 12.2 Å². The Hall–Kier alpha value is -1.18. The molecule has 20 heavy (non-hydrogen) atoms. The summed E-state index contributed by atoms with van der Waals surface area (Å²) in [6.45, 7) is 0.406. The van der Waals surface area contributed by atoms with Crippen molar-refractivity contribution in [2.75, 3.05) is 20.3 Å². The number of aliphatic hydroxyl groups is 1. The number of hydrogen-bond donors (Lipinski definition) is 2. The molecule has 0 aromatic heterocycles. The predicted octanol–water partition coefficient (Wildman–Crippen LogP) is 2.33. The van der Waals surface area contributed by atoms with Gasteiger partial charge in [-0.15, -0.1) is 0 Å². The van der Waals surface area contributed by atoms with Crippen LogP contribution in [0.1, 0.15) is 17.5 Å². The first-order valence-corrected chi connectivity index (χ1v) is 6.07. The molecule has 0 saturated carbocycles. The summed E-state index contributed by atoms with van der Waals surface area (Å²) in [6.07, 6.45) is -4.29. The molecule has 0 aliphatic carbocycles. The summed E-state index contributed by atoms with van der Waals surface area (Å²) >= 11 is 0. The first-order valence-electron chi connectivity index (χ1n) is 6.07. The van der Waals surface area contributed by atoms with Crippen molar-refractivity contribution in [1.82, 2.24) is 5.32 Å². The molecule has 3 nitrogen and oxygen atoms in total. The number of benzene rings is 1. The Balaban J connectivity index is 2.73. The van der Waals surface area contributed by atoms with Crippen LogP contribution in [0.15, 0.2) is 18.2 Å². The Bertz CT molecular complexity index is 417. The van der Waals surface area contributed by atoms with Crippen molar-refractivity contribution in [3.8, 4) is 0 Å². The fraction of sp³-hybridized carbons (Fsp3) is 0.538. The molecular formula is C13H17F4NO2. The van der Waals surface area contributed by atoms with Gasteiger partial charge in [0.25, 0.3) is 0 Å². The van der Waals surface area contributed by atoms with Crippen molar-refractivity contribution in [2.24, 2.45) is 0 Å². The number of aliphatic hydroxyl groups excluding tert-OH is 1. The molecule has 114 valence electrons. The highest BCUT2D eigenvalue weighted by molar-refractivity contribution is 5.27. The lowest BCUT2D eigenvalue weighted by atomic mass is 10.1. The van der Waals surface area contributed by atoms with Gasteiger partial charge in [0.2, 0.25) is 0 Å². The second-order valence-electron chi connectivity index (χ2n) is 4.36. The highest BCUT2D eigenvalue weighted by Crippen LogP contribution is 2.31. The van der Waals surface area contributed by atoms with E-state index in [0.29, 0.717) is 18.6 Å². The van der Waals surface area contributed by atoms with Crippen molar-refractivity contribution in [1.29, 1.82) is 0 Å². The maximum atomic E-state index is 13.1. The highest BCUT2D eigenvalue weighted by Gasteiger charge is 2.34. The Kier molecular flexibility index (Phi) is 6.38. The van der Waals surface area contributed by atoms with Crippen molar-refractivity contribution in [3.63, 3.8) is 0 Å². The van der Waals surface area contributed by atoms with Crippen LogP contribution in [0.4, 0.5) is 17.6 Å². The molecule has 0 heterocycles. The third-order valence-electron chi connectivity index (χ3n) is 2.78. The fourth-order valence-electron chi connectivity index (χ4n) is 1.76. The molecule has 0 radical (unpaired) electrons. The van der Waals surface area contributed by atoms with Crippen molar-refractivity contribution >= 4 is 0 Å². The van der Waals surface area contributed by atoms with Gasteiger partial charge in [-0.2, -0.15) is 13.2 Å². The van der Waals surface area contributed by atoms with Gasteiger partial charge in [-0.25, -0.2) is 4.39 Å². The zero-order chi connectivity index (χ0) is 15.2. The van der Waals surface area contributed by atoms with Crippen LogP contribution in [0, 0.1) is 5.82 Å². The summed E-state index contributed by atoms with van der Waals surface area (Å²) < 4.78 is 55.7. The molecule has 1 atom stereocenters. The van der Waals surface area contributed by atoms with Crippen molar-refractivity contribution in [2.45, 2.75) is 25.2 Å². The Morgan fingerprint density at radius 2 is 2.05 bits per heavy atom. The largest absolute Gasteiger partial charge is 0.419 e. The van der Waals surface area contributed by atoms with Gasteiger partial charge in [0, 0.05) is 26.3 Å². The standard InChI is InChI=1S/C13H17F4NO2/c1-20-8-10(4-5-19)18-7-9-2-3-12(14)11(6-9)13(15,16)17/h2-3,6,10,18-19H,4-5,7-8H2,1H3. The van der Waals surface area contributed by atoms with Gasteiger partial charge < -0.3 is 15.2 Å². The number of hydrogen-bond acceptors (Lipinski definition) is 3. The van der Waals surface area contributed by atoms with E-state index in [0.717, 1.165) is 12.1 Å². The van der Waals surface area contributed by atoms with Crippen LogP contribution in [-0.4, -0.2) is 31.5 Å². The normalized spacial score (nSPS) is 13.5. The summed E-state index contributed by atoms with van der Waals surface area (Å²) in [7, 11) is 1.49. The average molecular weight is 295 g/mol. The topological polar surface area (TPSA) is 41.5 Å². The fourth-order valence-corrected chi connectivity index (χ4v) is 1.76. The summed E-state index contributed by atoms with van der Waals surface area (Å²) in [5, 5.41) is 11.8. The van der Waals surface area contributed by atoms with E-state index in [4.69, 9.17) is 9.84 Å². The number of rotatable bonds is 7. The van der Waals surface area contributed by atoms with Gasteiger partial charge in [-0.05, 0) is 24.1 Å². The molecule has 0 aliphatic rings. The summed E-state index contributed by atoms with van der Waals surface area (Å²) in [5.74, 6) is -1.29. The Morgan fingerprint density at radius 3 is 2.60 bits per heavy atom. The lowest BCUT2D eigenvalue weighted by Gasteiger charge is -2.17. The average Bonchev–Trinajstić information content (AvgIpc) is 2.36. The van der Waals surface area contributed by atoms with Crippen LogP contribution in [-0.2, 0) is 17.5 Å². The highest BCUT2D eigenvalue weighted by atomic mass is 19.4. The van der Waals surface area contributed by atoms with Crippen LogP contribution in [0.3, 0.4) is 0 Å². The molecule has 0 amide bonds. The summed E-state index contributed by atoms with van der Waals surface area (Å²) in [5.41, 5.74) is -0.958. The maximum Gasteiger partial charge on any atom is 0.419 e. The molecule has 7 heteroatoms. The van der Waals surface area contributed by atoms with E-state index in [1.807, 2.05) is 0 Å². The van der Waals surface area contributed by atoms with Crippen LogP contribution in [0.25, 0.3) is 0 Å². The minimum atomic E-state index is -4.71. The number of methoxy groups -OCH3 is 1. The van der Waals surface area contributed by atoms with Gasteiger partial charge in [0.1, 0.15) is 5.82 Å². The zero-order valence-electron chi connectivity index (χ0n) is 11.0. The predicted molar refractivity (Wildman–Crippen MR) is 65.6 cm³/mol. The maximum absolute atomic E-state index is 13.1.